The van der Waals surface area contributed by atoms with E-state index in [4.69, 9.17) is 11.5 Å². The first kappa shape index (κ1) is 26.3. The molecule has 2 fully saturated rings. The van der Waals surface area contributed by atoms with Crippen LogP contribution in [0.2, 0.25) is 0 Å². The van der Waals surface area contributed by atoms with Crippen molar-refractivity contribution in [3.8, 4) is 5.69 Å². The molecule has 2 saturated heterocycles. The second kappa shape index (κ2) is 10.5. The van der Waals surface area contributed by atoms with Crippen LogP contribution in [0.5, 0.6) is 0 Å². The van der Waals surface area contributed by atoms with Crippen LogP contribution in [0.25, 0.3) is 5.69 Å². The molecule has 1 aromatic heterocycles. The van der Waals surface area contributed by atoms with E-state index < -0.39 is 11.2 Å². The molecule has 2 aliphatic heterocycles. The van der Waals surface area contributed by atoms with Crippen LogP contribution in [0.15, 0.2) is 35.3 Å². The Bertz CT molecular complexity index is 1260. The number of likely N-dealkylation sites (tertiary alicyclic amines) is 1. The van der Waals surface area contributed by atoms with E-state index in [1.54, 1.807) is 35.9 Å². The number of rotatable bonds is 5. The number of aryl methyl sites for hydroxylation is 1. The van der Waals surface area contributed by atoms with Crippen LogP contribution in [0.1, 0.15) is 31.4 Å². The van der Waals surface area contributed by atoms with E-state index in [0.717, 1.165) is 44.6 Å². The number of piperazine rings is 1. The number of anilines is 1. The molecule has 0 bridgehead atoms. The number of carbonyl (C=O) groups excluding carboxylic acids is 2. The van der Waals surface area contributed by atoms with Crippen LogP contribution in [-0.2, 0) is 17.6 Å². The Morgan fingerprint density at radius 2 is 1.79 bits per heavy atom. The molecule has 1 unspecified atom stereocenters. The molecular formula is C27H38N8O3. The summed E-state index contributed by atoms with van der Waals surface area (Å²) in [6.45, 7) is 7.83. The van der Waals surface area contributed by atoms with Crippen molar-refractivity contribution in [3.05, 3.63) is 52.1 Å². The molecule has 11 nitrogen and oxygen atoms in total. The molecule has 11 heteroatoms. The average Bonchev–Trinajstić information content (AvgIpc) is 2.87. The lowest BCUT2D eigenvalue weighted by molar-refractivity contribution is -0.137. The molecule has 5 rings (SSSR count). The van der Waals surface area contributed by atoms with Crippen molar-refractivity contribution in [1.29, 1.82) is 0 Å². The van der Waals surface area contributed by atoms with E-state index in [1.807, 2.05) is 6.07 Å². The zero-order valence-electron chi connectivity index (χ0n) is 22.2. The zero-order chi connectivity index (χ0) is 27.0. The molecule has 1 aliphatic carbocycles. The molecule has 204 valence electrons. The molecule has 2 aromatic rings. The van der Waals surface area contributed by atoms with Gasteiger partial charge in [0.1, 0.15) is 5.82 Å². The number of nitrogens with zero attached hydrogens (tertiary/aromatic N) is 5. The second-order valence-corrected chi connectivity index (χ2v) is 11.3. The van der Waals surface area contributed by atoms with E-state index in [-0.39, 0.29) is 17.8 Å². The van der Waals surface area contributed by atoms with Gasteiger partial charge in [0.2, 0.25) is 5.91 Å². The van der Waals surface area contributed by atoms with E-state index >= 15 is 0 Å². The van der Waals surface area contributed by atoms with Crippen LogP contribution < -0.4 is 22.5 Å². The third-order valence-electron chi connectivity index (χ3n) is 7.95. The molecule has 3 aliphatic rings. The predicted molar refractivity (Wildman–Crippen MR) is 145 cm³/mol. The molecule has 0 saturated carbocycles. The Morgan fingerprint density at radius 3 is 2.45 bits per heavy atom. The lowest BCUT2D eigenvalue weighted by Crippen LogP contribution is -2.58. The van der Waals surface area contributed by atoms with Gasteiger partial charge in [0.25, 0.3) is 0 Å². The smallest absolute Gasteiger partial charge is 0.338 e. The molecule has 38 heavy (non-hydrogen) atoms. The number of fused-ring (bicyclic) bond motifs is 1. The standard InChI is InChI=1S/C27H38N8O3/c1-27(2,29)24(36)32-9-11-33(12-10-32)25(37)30-23-7-8-35(26(38)31-23)22-6-4-19-3-5-21(13-20(19)14-22)34-16-18(15-28)17-34/h4,6-8,14,18,21H,3,5,9-13,15-17,28-29H2,1-2H3,(H,30,31,37,38). The summed E-state index contributed by atoms with van der Waals surface area (Å²) >= 11 is 0. The minimum absolute atomic E-state index is 0.138. The summed E-state index contributed by atoms with van der Waals surface area (Å²) in [6, 6.07) is 7.96. The Morgan fingerprint density at radius 1 is 1.08 bits per heavy atom. The fourth-order valence-electron chi connectivity index (χ4n) is 5.62. The van der Waals surface area contributed by atoms with Gasteiger partial charge in [-0.05, 0) is 74.9 Å². The van der Waals surface area contributed by atoms with Gasteiger partial charge in [0, 0.05) is 51.5 Å². The molecule has 0 radical (unpaired) electrons. The van der Waals surface area contributed by atoms with Crippen LogP contribution in [-0.4, -0.2) is 93.6 Å². The van der Waals surface area contributed by atoms with E-state index in [2.05, 4.69) is 27.3 Å². The molecule has 1 atom stereocenters. The van der Waals surface area contributed by atoms with Gasteiger partial charge in [0.15, 0.2) is 0 Å². The van der Waals surface area contributed by atoms with E-state index in [9.17, 15) is 14.4 Å². The Balaban J connectivity index is 1.21. The maximum atomic E-state index is 12.9. The highest BCUT2D eigenvalue weighted by Crippen LogP contribution is 2.30. The average molecular weight is 523 g/mol. The predicted octanol–water partition coefficient (Wildman–Crippen LogP) is 0.394. The fourth-order valence-corrected chi connectivity index (χ4v) is 5.62. The van der Waals surface area contributed by atoms with Crippen molar-refractivity contribution in [3.63, 3.8) is 0 Å². The maximum Gasteiger partial charge on any atom is 0.354 e. The maximum absolute atomic E-state index is 12.9. The van der Waals surface area contributed by atoms with Crippen LogP contribution in [0.3, 0.4) is 0 Å². The molecular weight excluding hydrogens is 484 g/mol. The summed E-state index contributed by atoms with van der Waals surface area (Å²) in [5.74, 6) is 0.674. The first-order valence-electron chi connectivity index (χ1n) is 13.4. The summed E-state index contributed by atoms with van der Waals surface area (Å²) in [5.41, 5.74) is 13.7. The first-order valence-corrected chi connectivity index (χ1v) is 13.4. The summed E-state index contributed by atoms with van der Waals surface area (Å²) < 4.78 is 1.51. The number of hydrogen-bond acceptors (Lipinski definition) is 7. The van der Waals surface area contributed by atoms with Gasteiger partial charge in [-0.2, -0.15) is 4.98 Å². The van der Waals surface area contributed by atoms with Crippen LogP contribution in [0.4, 0.5) is 10.6 Å². The van der Waals surface area contributed by atoms with Crippen molar-refractivity contribution in [2.45, 2.75) is 44.7 Å². The minimum atomic E-state index is -0.944. The monoisotopic (exact) mass is 522 g/mol. The third-order valence-corrected chi connectivity index (χ3v) is 7.95. The SMILES string of the molecule is CC(C)(N)C(=O)N1CCN(C(=O)Nc2ccn(-c3ccc4c(c3)CC(N3CC(CN)C3)CC4)c(=O)n2)CC1. The Hall–Kier alpha value is -3.28. The largest absolute Gasteiger partial charge is 0.354 e. The number of nitrogens with two attached hydrogens (primary N) is 2. The Kier molecular flexibility index (Phi) is 7.26. The number of urea groups is 1. The van der Waals surface area contributed by atoms with Crippen LogP contribution in [0, 0.1) is 5.92 Å². The third kappa shape index (κ3) is 5.45. The fraction of sp³-hybridized carbons (Fsp3) is 0.556. The highest BCUT2D eigenvalue weighted by atomic mass is 16.2. The first-order chi connectivity index (χ1) is 18.1. The van der Waals surface area contributed by atoms with Gasteiger partial charge in [-0.3, -0.25) is 19.6 Å². The van der Waals surface area contributed by atoms with Crippen molar-refractivity contribution in [2.24, 2.45) is 17.4 Å². The van der Waals surface area contributed by atoms with E-state index in [1.165, 1.54) is 15.7 Å². The molecule has 0 spiro atoms. The highest BCUT2D eigenvalue weighted by Gasteiger charge is 2.34. The minimum Gasteiger partial charge on any atom is -0.338 e. The summed E-state index contributed by atoms with van der Waals surface area (Å²) in [5, 5.41) is 2.71. The molecule has 3 amide bonds. The highest BCUT2D eigenvalue weighted by molar-refractivity contribution is 5.89. The van der Waals surface area contributed by atoms with Gasteiger partial charge in [0.05, 0.1) is 11.2 Å². The van der Waals surface area contributed by atoms with E-state index in [0.29, 0.717) is 38.1 Å². The number of amides is 3. The number of nitrogens with one attached hydrogen (secondary N) is 1. The van der Waals surface area contributed by atoms with Crippen molar-refractivity contribution >= 4 is 17.8 Å². The number of carbonyl (C=O) groups is 2. The quantitative estimate of drug-likeness (QED) is 0.516. The number of aromatic nitrogens is 2. The van der Waals surface area contributed by atoms with Gasteiger partial charge < -0.3 is 21.3 Å². The zero-order valence-corrected chi connectivity index (χ0v) is 22.2. The molecule has 1 aromatic carbocycles. The van der Waals surface area contributed by atoms with Gasteiger partial charge in [-0.25, -0.2) is 9.59 Å². The number of hydrogen-bond donors (Lipinski definition) is 3. The van der Waals surface area contributed by atoms with Gasteiger partial charge in [-0.15, -0.1) is 0 Å². The van der Waals surface area contributed by atoms with Crippen molar-refractivity contribution < 1.29 is 9.59 Å². The van der Waals surface area contributed by atoms with Gasteiger partial charge in [-0.1, -0.05) is 6.07 Å². The second-order valence-electron chi connectivity index (χ2n) is 11.3. The lowest BCUT2D eigenvalue weighted by Gasteiger charge is -2.45. The van der Waals surface area contributed by atoms with Crippen LogP contribution >= 0.6 is 0 Å². The molecule has 3 heterocycles. The Labute approximate surface area is 222 Å². The topological polar surface area (TPSA) is 143 Å². The van der Waals surface area contributed by atoms with Crippen molar-refractivity contribution in [2.75, 3.05) is 51.1 Å². The normalized spacial score (nSPS) is 20.6. The summed E-state index contributed by atoms with van der Waals surface area (Å²) in [7, 11) is 0. The summed E-state index contributed by atoms with van der Waals surface area (Å²) in [4.78, 5) is 47.9. The molecule has 5 N–H and O–H groups in total. The van der Waals surface area contributed by atoms with Gasteiger partial charge >= 0.3 is 11.7 Å². The summed E-state index contributed by atoms with van der Waals surface area (Å²) in [6.07, 6.45) is 4.80. The lowest BCUT2D eigenvalue weighted by atomic mass is 9.84. The van der Waals surface area contributed by atoms with Crippen molar-refractivity contribution in [1.82, 2.24) is 24.3 Å². The number of benzene rings is 1.